The van der Waals surface area contributed by atoms with Crippen molar-refractivity contribution in [3.63, 3.8) is 0 Å². The number of hydrogen-bond donors (Lipinski definition) is 1. The molecule has 140 valence electrons. The third kappa shape index (κ3) is 3.39. The van der Waals surface area contributed by atoms with Crippen LogP contribution in [0.25, 0.3) is 39.6 Å². The predicted molar refractivity (Wildman–Crippen MR) is 118 cm³/mol. The first kappa shape index (κ1) is 17.6. The van der Waals surface area contributed by atoms with E-state index in [9.17, 15) is 0 Å². The molecule has 5 nitrogen and oxygen atoms in total. The van der Waals surface area contributed by atoms with E-state index in [-0.39, 0.29) is 0 Å². The maximum atomic E-state index is 4.89. The molecule has 0 saturated heterocycles. The normalized spacial score (nSPS) is 10.9. The molecule has 0 unspecified atom stereocenters. The van der Waals surface area contributed by atoms with Crippen LogP contribution in [0.3, 0.4) is 0 Å². The molecular weight excluding hydrogens is 426 g/mol. The number of benzene rings is 3. The first-order chi connectivity index (χ1) is 14.3. The zero-order valence-corrected chi connectivity index (χ0v) is 16.9. The topological polar surface area (TPSA) is 59.4 Å². The fourth-order valence-corrected chi connectivity index (χ4v) is 3.55. The SMILES string of the molecule is Brc1ccc(-c2cc(-c3n[nH]nc3-c3ccccc3)n(-c3ccccc3)n2)cc1. The molecular formula is C23H16BrN5. The Hall–Kier alpha value is -3.51. The van der Waals surface area contributed by atoms with Crippen molar-refractivity contribution in [2.45, 2.75) is 0 Å². The molecule has 5 rings (SSSR count). The van der Waals surface area contributed by atoms with Crippen molar-refractivity contribution in [2.75, 3.05) is 0 Å². The summed E-state index contributed by atoms with van der Waals surface area (Å²) in [7, 11) is 0. The highest BCUT2D eigenvalue weighted by Gasteiger charge is 2.20. The maximum absolute atomic E-state index is 4.89. The first-order valence-electron chi connectivity index (χ1n) is 9.17. The molecule has 0 bridgehead atoms. The molecule has 2 heterocycles. The minimum Gasteiger partial charge on any atom is -0.231 e. The van der Waals surface area contributed by atoms with Gasteiger partial charge in [0.1, 0.15) is 11.4 Å². The Labute approximate surface area is 176 Å². The minimum absolute atomic E-state index is 0.760. The molecule has 2 aromatic heterocycles. The number of H-pyrrole nitrogens is 1. The summed E-state index contributed by atoms with van der Waals surface area (Å²) in [6, 6.07) is 30.3. The van der Waals surface area contributed by atoms with E-state index in [0.29, 0.717) is 0 Å². The van der Waals surface area contributed by atoms with Crippen LogP contribution in [-0.4, -0.2) is 25.2 Å². The Bertz CT molecular complexity index is 1240. The van der Waals surface area contributed by atoms with Gasteiger partial charge in [-0.15, -0.1) is 0 Å². The van der Waals surface area contributed by atoms with Gasteiger partial charge in [0.25, 0.3) is 0 Å². The van der Waals surface area contributed by atoms with Crippen molar-refractivity contribution in [3.05, 3.63) is 95.5 Å². The third-order valence-corrected chi connectivity index (χ3v) is 5.22. The van der Waals surface area contributed by atoms with Gasteiger partial charge in [-0.25, -0.2) is 4.68 Å². The lowest BCUT2D eigenvalue weighted by atomic mass is 10.1. The number of hydrogen-bond acceptors (Lipinski definition) is 3. The van der Waals surface area contributed by atoms with E-state index in [1.54, 1.807) is 0 Å². The van der Waals surface area contributed by atoms with Gasteiger partial charge in [-0.2, -0.15) is 20.5 Å². The number of nitrogens with one attached hydrogen (secondary N) is 1. The molecule has 0 fully saturated rings. The Morgan fingerprint density at radius 3 is 2.07 bits per heavy atom. The van der Waals surface area contributed by atoms with Gasteiger partial charge < -0.3 is 0 Å². The first-order valence-corrected chi connectivity index (χ1v) is 9.97. The van der Waals surface area contributed by atoms with Crippen LogP contribution < -0.4 is 0 Å². The fraction of sp³-hybridized carbons (Fsp3) is 0. The second-order valence-corrected chi connectivity index (χ2v) is 7.47. The summed E-state index contributed by atoms with van der Waals surface area (Å²) in [5, 5.41) is 16.5. The quantitative estimate of drug-likeness (QED) is 0.385. The van der Waals surface area contributed by atoms with Crippen LogP contribution in [0.5, 0.6) is 0 Å². The number of nitrogens with zero attached hydrogens (tertiary/aromatic N) is 4. The van der Waals surface area contributed by atoms with Gasteiger partial charge in [0.05, 0.1) is 17.1 Å². The molecule has 0 radical (unpaired) electrons. The molecule has 29 heavy (non-hydrogen) atoms. The molecule has 0 atom stereocenters. The predicted octanol–water partition coefficient (Wildman–Crippen LogP) is 5.75. The van der Waals surface area contributed by atoms with Crippen LogP contribution in [0.2, 0.25) is 0 Å². The van der Waals surface area contributed by atoms with Crippen LogP contribution in [0.1, 0.15) is 0 Å². The van der Waals surface area contributed by atoms with Gasteiger partial charge in [0, 0.05) is 15.6 Å². The van der Waals surface area contributed by atoms with E-state index >= 15 is 0 Å². The zero-order chi connectivity index (χ0) is 19.6. The number of aromatic nitrogens is 5. The number of rotatable bonds is 4. The summed E-state index contributed by atoms with van der Waals surface area (Å²) in [4.78, 5) is 0. The van der Waals surface area contributed by atoms with E-state index in [1.807, 2.05) is 89.6 Å². The molecule has 3 aromatic carbocycles. The van der Waals surface area contributed by atoms with Crippen LogP contribution >= 0.6 is 15.9 Å². The van der Waals surface area contributed by atoms with Crippen LogP contribution in [0, 0.1) is 0 Å². The molecule has 5 aromatic rings. The van der Waals surface area contributed by atoms with Crippen LogP contribution in [-0.2, 0) is 0 Å². The van der Waals surface area contributed by atoms with Gasteiger partial charge in [-0.05, 0) is 30.3 Å². The second-order valence-electron chi connectivity index (χ2n) is 6.56. The molecule has 0 spiro atoms. The summed E-state index contributed by atoms with van der Waals surface area (Å²) in [6.07, 6.45) is 0. The van der Waals surface area contributed by atoms with E-state index in [4.69, 9.17) is 5.10 Å². The summed E-state index contributed by atoms with van der Waals surface area (Å²) in [5.74, 6) is 0. The molecule has 0 aliphatic heterocycles. The van der Waals surface area contributed by atoms with Crippen molar-refractivity contribution in [1.82, 2.24) is 25.2 Å². The highest BCUT2D eigenvalue weighted by atomic mass is 79.9. The van der Waals surface area contributed by atoms with E-state index in [2.05, 4.69) is 37.4 Å². The van der Waals surface area contributed by atoms with Crippen LogP contribution in [0.15, 0.2) is 95.5 Å². The lowest BCUT2D eigenvalue weighted by molar-refractivity contribution is 0.882. The Morgan fingerprint density at radius 2 is 1.34 bits per heavy atom. The van der Waals surface area contributed by atoms with Crippen molar-refractivity contribution in [3.8, 4) is 39.6 Å². The molecule has 0 amide bonds. The van der Waals surface area contributed by atoms with Crippen molar-refractivity contribution in [1.29, 1.82) is 0 Å². The highest BCUT2D eigenvalue weighted by Crippen LogP contribution is 2.33. The van der Waals surface area contributed by atoms with Crippen LogP contribution in [0.4, 0.5) is 0 Å². The van der Waals surface area contributed by atoms with Crippen molar-refractivity contribution in [2.24, 2.45) is 0 Å². The highest BCUT2D eigenvalue weighted by molar-refractivity contribution is 9.10. The number of halogens is 1. The molecule has 0 aliphatic rings. The summed E-state index contributed by atoms with van der Waals surface area (Å²) in [5.41, 5.74) is 6.31. The van der Waals surface area contributed by atoms with Gasteiger partial charge in [0.2, 0.25) is 0 Å². The molecule has 6 heteroatoms. The van der Waals surface area contributed by atoms with Gasteiger partial charge in [-0.3, -0.25) is 0 Å². The smallest absolute Gasteiger partial charge is 0.139 e. The average Bonchev–Trinajstić information content (AvgIpc) is 3.43. The molecule has 0 aliphatic carbocycles. The standard InChI is InChI=1S/C23H16BrN5/c24-18-13-11-16(12-14-18)20-15-21(29(27-20)19-9-5-2-6-10-19)23-22(25-28-26-23)17-7-3-1-4-8-17/h1-15H,(H,25,26,28). The molecule has 0 saturated carbocycles. The van der Waals surface area contributed by atoms with Crippen molar-refractivity contribution < 1.29 is 0 Å². The lowest BCUT2D eigenvalue weighted by Gasteiger charge is -2.06. The van der Waals surface area contributed by atoms with Gasteiger partial charge in [-0.1, -0.05) is 76.6 Å². The largest absolute Gasteiger partial charge is 0.231 e. The lowest BCUT2D eigenvalue weighted by Crippen LogP contribution is -2.00. The number of aromatic amines is 1. The monoisotopic (exact) mass is 441 g/mol. The summed E-state index contributed by atoms with van der Waals surface area (Å²) in [6.45, 7) is 0. The Balaban J connectivity index is 1.71. The van der Waals surface area contributed by atoms with Gasteiger partial charge >= 0.3 is 0 Å². The Kier molecular flexibility index (Phi) is 4.54. The summed E-state index contributed by atoms with van der Waals surface area (Å²) >= 11 is 3.49. The van der Waals surface area contributed by atoms with Gasteiger partial charge in [0.15, 0.2) is 0 Å². The van der Waals surface area contributed by atoms with E-state index in [1.165, 1.54) is 0 Å². The average molecular weight is 442 g/mol. The van der Waals surface area contributed by atoms with Crippen molar-refractivity contribution >= 4 is 15.9 Å². The number of para-hydroxylation sites is 1. The summed E-state index contributed by atoms with van der Waals surface area (Å²) < 4.78 is 2.95. The fourth-order valence-electron chi connectivity index (χ4n) is 3.28. The zero-order valence-electron chi connectivity index (χ0n) is 15.3. The maximum Gasteiger partial charge on any atom is 0.139 e. The Morgan fingerprint density at radius 1 is 0.690 bits per heavy atom. The second kappa shape index (κ2) is 7.48. The third-order valence-electron chi connectivity index (χ3n) is 4.69. The van der Waals surface area contributed by atoms with E-state index in [0.717, 1.165) is 44.1 Å². The molecule has 1 N–H and O–H groups in total. The minimum atomic E-state index is 0.760. The van der Waals surface area contributed by atoms with E-state index < -0.39 is 0 Å².